The Hall–Kier alpha value is -1.75. The summed E-state index contributed by atoms with van der Waals surface area (Å²) in [6.45, 7) is 5.26. The Morgan fingerprint density at radius 1 is 1.11 bits per heavy atom. The van der Waals surface area contributed by atoms with Crippen LogP contribution in [0.2, 0.25) is 0 Å². The molecular formula is C22H34N2O3. The van der Waals surface area contributed by atoms with Crippen LogP contribution in [0.25, 0.3) is 0 Å². The van der Waals surface area contributed by atoms with Gasteiger partial charge < -0.3 is 14.8 Å². The molecule has 1 aliphatic heterocycles. The molecule has 0 bridgehead atoms. The minimum Gasteiger partial charge on any atom is -0.490 e. The first kappa shape index (κ1) is 20.0. The second kappa shape index (κ2) is 10.5. The summed E-state index contributed by atoms with van der Waals surface area (Å²) in [5.41, 5.74) is 1.12. The normalized spacial score (nSPS) is 21.0. The van der Waals surface area contributed by atoms with Crippen molar-refractivity contribution in [2.75, 3.05) is 26.3 Å². The van der Waals surface area contributed by atoms with Gasteiger partial charge in [0.1, 0.15) is 0 Å². The highest BCUT2D eigenvalue weighted by molar-refractivity contribution is 5.78. The Labute approximate surface area is 163 Å². The molecule has 1 saturated carbocycles. The van der Waals surface area contributed by atoms with E-state index in [0.29, 0.717) is 25.8 Å². The zero-order valence-electron chi connectivity index (χ0n) is 16.7. The van der Waals surface area contributed by atoms with Gasteiger partial charge in [0.2, 0.25) is 5.91 Å². The molecule has 1 aromatic rings. The van der Waals surface area contributed by atoms with Crippen LogP contribution in [0.5, 0.6) is 11.5 Å². The Kier molecular flexibility index (Phi) is 7.81. The lowest BCUT2D eigenvalue weighted by Crippen LogP contribution is -2.43. The van der Waals surface area contributed by atoms with Crippen LogP contribution in [0.3, 0.4) is 0 Å². The van der Waals surface area contributed by atoms with E-state index in [0.717, 1.165) is 49.4 Å². The Morgan fingerprint density at radius 3 is 2.74 bits per heavy atom. The summed E-state index contributed by atoms with van der Waals surface area (Å²) in [6, 6.07) is 6.60. The molecule has 150 valence electrons. The maximum atomic E-state index is 12.5. The number of carbonyl (C=O) groups excluding carboxylic acids is 1. The predicted octanol–water partition coefficient (Wildman–Crippen LogP) is 3.90. The van der Waals surface area contributed by atoms with Gasteiger partial charge in [-0.2, -0.15) is 0 Å². The third-order valence-corrected chi connectivity index (χ3v) is 5.56. The van der Waals surface area contributed by atoms with Gasteiger partial charge in [0.15, 0.2) is 11.5 Å². The molecule has 1 amide bonds. The minimum atomic E-state index is 0.142. The standard InChI is InChI=1S/C22H34N2O3/c1-2-26-20-13-9-10-18-16-24(19-11-5-3-6-12-19)17-21(25)23-14-7-4-8-15-27-22(18)20/h9-10,13,19H,2-8,11-12,14-17H2,1H3,(H,23,25). The highest BCUT2D eigenvalue weighted by Crippen LogP contribution is 2.34. The molecule has 5 heteroatoms. The van der Waals surface area contributed by atoms with Crippen molar-refractivity contribution < 1.29 is 14.3 Å². The SMILES string of the molecule is CCOc1cccc2c1OCCCCCNC(=O)CN(C1CCCCC1)C2. The van der Waals surface area contributed by atoms with Crippen LogP contribution in [0.15, 0.2) is 18.2 Å². The molecule has 0 atom stereocenters. The summed E-state index contributed by atoms with van der Waals surface area (Å²) in [5, 5.41) is 3.10. The van der Waals surface area contributed by atoms with E-state index in [1.54, 1.807) is 0 Å². The minimum absolute atomic E-state index is 0.142. The van der Waals surface area contributed by atoms with E-state index in [4.69, 9.17) is 9.47 Å². The topological polar surface area (TPSA) is 50.8 Å². The fourth-order valence-electron chi connectivity index (χ4n) is 4.14. The molecule has 0 radical (unpaired) electrons. The summed E-state index contributed by atoms with van der Waals surface area (Å²) in [7, 11) is 0. The van der Waals surface area contributed by atoms with Gasteiger partial charge in [-0.3, -0.25) is 9.69 Å². The van der Waals surface area contributed by atoms with Crippen molar-refractivity contribution in [1.82, 2.24) is 10.2 Å². The van der Waals surface area contributed by atoms with Crippen molar-refractivity contribution in [3.05, 3.63) is 23.8 Å². The molecule has 0 unspecified atom stereocenters. The maximum absolute atomic E-state index is 12.5. The van der Waals surface area contributed by atoms with Crippen LogP contribution in [-0.2, 0) is 11.3 Å². The third kappa shape index (κ3) is 5.86. The molecule has 27 heavy (non-hydrogen) atoms. The van der Waals surface area contributed by atoms with Crippen LogP contribution in [-0.4, -0.2) is 43.2 Å². The van der Waals surface area contributed by atoms with E-state index >= 15 is 0 Å². The molecule has 3 rings (SSSR count). The Morgan fingerprint density at radius 2 is 1.93 bits per heavy atom. The smallest absolute Gasteiger partial charge is 0.234 e. The molecule has 1 aromatic carbocycles. The van der Waals surface area contributed by atoms with Crippen LogP contribution in [0.1, 0.15) is 63.9 Å². The molecule has 1 heterocycles. The number of hydrogen-bond acceptors (Lipinski definition) is 4. The zero-order chi connectivity index (χ0) is 18.9. The van der Waals surface area contributed by atoms with Gasteiger partial charge in [0, 0.05) is 24.7 Å². The van der Waals surface area contributed by atoms with Gasteiger partial charge in [-0.05, 0) is 45.1 Å². The van der Waals surface area contributed by atoms with Gasteiger partial charge in [0.25, 0.3) is 0 Å². The first-order valence-corrected chi connectivity index (χ1v) is 10.7. The number of fused-ring (bicyclic) bond motifs is 1. The van der Waals surface area contributed by atoms with Gasteiger partial charge in [0.05, 0.1) is 19.8 Å². The van der Waals surface area contributed by atoms with E-state index < -0.39 is 0 Å². The first-order chi connectivity index (χ1) is 13.3. The molecule has 1 aliphatic carbocycles. The molecule has 5 nitrogen and oxygen atoms in total. The number of nitrogens with one attached hydrogen (secondary N) is 1. The predicted molar refractivity (Wildman–Crippen MR) is 107 cm³/mol. The quantitative estimate of drug-likeness (QED) is 0.872. The van der Waals surface area contributed by atoms with Crippen LogP contribution >= 0.6 is 0 Å². The summed E-state index contributed by atoms with van der Waals surface area (Å²) < 4.78 is 12.0. The summed E-state index contributed by atoms with van der Waals surface area (Å²) >= 11 is 0. The summed E-state index contributed by atoms with van der Waals surface area (Å²) in [6.07, 6.45) is 9.21. The number of carbonyl (C=O) groups is 1. The summed E-state index contributed by atoms with van der Waals surface area (Å²) in [4.78, 5) is 14.9. The fourth-order valence-corrected chi connectivity index (χ4v) is 4.14. The van der Waals surface area contributed by atoms with E-state index in [-0.39, 0.29) is 5.91 Å². The van der Waals surface area contributed by atoms with E-state index in [2.05, 4.69) is 16.3 Å². The van der Waals surface area contributed by atoms with Crippen molar-refractivity contribution in [3.8, 4) is 11.5 Å². The molecule has 0 saturated heterocycles. The Balaban J connectivity index is 1.86. The zero-order valence-corrected chi connectivity index (χ0v) is 16.7. The number of ether oxygens (including phenoxy) is 2. The number of para-hydroxylation sites is 1. The lowest BCUT2D eigenvalue weighted by molar-refractivity contribution is -0.123. The number of nitrogens with zero attached hydrogens (tertiary/aromatic N) is 1. The van der Waals surface area contributed by atoms with Gasteiger partial charge in [-0.25, -0.2) is 0 Å². The lowest BCUT2D eigenvalue weighted by atomic mass is 9.93. The van der Waals surface area contributed by atoms with Crippen molar-refractivity contribution in [2.45, 2.75) is 70.9 Å². The lowest BCUT2D eigenvalue weighted by Gasteiger charge is -2.34. The molecule has 0 aromatic heterocycles. The van der Waals surface area contributed by atoms with Crippen LogP contribution in [0, 0.1) is 0 Å². The largest absolute Gasteiger partial charge is 0.490 e. The van der Waals surface area contributed by atoms with Crippen LogP contribution in [0.4, 0.5) is 0 Å². The highest BCUT2D eigenvalue weighted by atomic mass is 16.5. The third-order valence-electron chi connectivity index (χ3n) is 5.56. The fraction of sp³-hybridized carbons (Fsp3) is 0.682. The molecular weight excluding hydrogens is 340 g/mol. The molecule has 1 N–H and O–H groups in total. The van der Waals surface area contributed by atoms with Crippen molar-refractivity contribution in [2.24, 2.45) is 0 Å². The summed E-state index contributed by atoms with van der Waals surface area (Å²) in [5.74, 6) is 1.82. The second-order valence-corrected chi connectivity index (χ2v) is 7.63. The van der Waals surface area contributed by atoms with Crippen LogP contribution < -0.4 is 14.8 Å². The van der Waals surface area contributed by atoms with Crippen molar-refractivity contribution >= 4 is 5.91 Å². The highest BCUT2D eigenvalue weighted by Gasteiger charge is 2.25. The molecule has 2 aliphatic rings. The van der Waals surface area contributed by atoms with E-state index in [9.17, 15) is 4.79 Å². The average molecular weight is 375 g/mol. The van der Waals surface area contributed by atoms with E-state index in [1.165, 1.54) is 32.1 Å². The Bertz CT molecular complexity index is 599. The molecule has 1 fully saturated rings. The number of hydrogen-bond donors (Lipinski definition) is 1. The maximum Gasteiger partial charge on any atom is 0.234 e. The number of amides is 1. The van der Waals surface area contributed by atoms with Gasteiger partial charge in [-0.15, -0.1) is 0 Å². The monoisotopic (exact) mass is 374 g/mol. The van der Waals surface area contributed by atoms with Gasteiger partial charge >= 0.3 is 0 Å². The van der Waals surface area contributed by atoms with Crippen molar-refractivity contribution in [1.29, 1.82) is 0 Å². The average Bonchev–Trinajstić information content (AvgIpc) is 2.70. The van der Waals surface area contributed by atoms with Gasteiger partial charge in [-0.1, -0.05) is 31.4 Å². The first-order valence-electron chi connectivity index (χ1n) is 10.7. The van der Waals surface area contributed by atoms with Crippen molar-refractivity contribution in [3.63, 3.8) is 0 Å². The number of rotatable bonds is 3. The molecule has 0 spiro atoms. The number of benzene rings is 1. The van der Waals surface area contributed by atoms with E-state index in [1.807, 2.05) is 19.1 Å². The second-order valence-electron chi connectivity index (χ2n) is 7.63.